The molecule has 0 radical (unpaired) electrons. The molecule has 0 spiro atoms. The number of anilines is 1. The highest BCUT2D eigenvalue weighted by Crippen LogP contribution is 2.66. The molecule has 1 aromatic heterocycles. The van der Waals surface area contributed by atoms with Gasteiger partial charge in [0.05, 0.1) is 27.4 Å². The minimum atomic E-state index is -5.86. The van der Waals surface area contributed by atoms with Crippen molar-refractivity contribution in [3.05, 3.63) is 122 Å². The van der Waals surface area contributed by atoms with Gasteiger partial charge in [0.15, 0.2) is 11.9 Å². The number of aliphatic hydroxyl groups is 2. The van der Waals surface area contributed by atoms with Crippen LogP contribution in [-0.4, -0.2) is 126 Å². The van der Waals surface area contributed by atoms with Gasteiger partial charge in [-0.3, -0.25) is 32.8 Å². The van der Waals surface area contributed by atoms with E-state index in [0.29, 0.717) is 42.5 Å². The number of carbonyl (C=O) groups is 1. The normalized spacial score (nSPS) is 22.6. The fourth-order valence-corrected chi connectivity index (χ4v) is 13.2. The number of nitrogens with one attached hydrogen (secondary N) is 2. The van der Waals surface area contributed by atoms with Crippen molar-refractivity contribution >= 4 is 72.8 Å². The highest BCUT2D eigenvalue weighted by molar-refractivity contribution is 7.86. The number of rotatable bonds is 23. The van der Waals surface area contributed by atoms with Crippen LogP contribution in [0.5, 0.6) is 0 Å². The van der Waals surface area contributed by atoms with Gasteiger partial charge in [-0.2, -0.15) is 30.0 Å². The molecule has 3 aromatic rings. The van der Waals surface area contributed by atoms with E-state index in [4.69, 9.17) is 14.5 Å². The summed E-state index contributed by atoms with van der Waals surface area (Å²) >= 11 is 0. The average molecular weight is 1180 g/mol. The number of phosphoric acid groups is 3. The molecule has 32 heteroatoms. The second kappa shape index (κ2) is 23.5. The molecule has 6 atom stereocenters. The summed E-state index contributed by atoms with van der Waals surface area (Å²) in [4.78, 5) is 78.3. The number of benzene rings is 2. The molecule has 3 aliphatic rings. The van der Waals surface area contributed by atoms with Gasteiger partial charge < -0.3 is 44.7 Å². The number of hydrogen-bond donors (Lipinski definition) is 10. The fraction of sp³-hybridized carbons (Fsp3) is 0.422. The summed E-state index contributed by atoms with van der Waals surface area (Å²) in [5, 5.41) is 23.8. The number of carbonyl (C=O) groups excluding carboxylic acids is 1. The molecule has 77 heavy (non-hydrogen) atoms. The third-order valence-electron chi connectivity index (χ3n) is 12.8. The molecule has 0 saturated carbocycles. The predicted molar refractivity (Wildman–Crippen MR) is 275 cm³/mol. The summed E-state index contributed by atoms with van der Waals surface area (Å²) in [5.41, 5.74) is 1.20. The molecule has 6 rings (SSSR count). The number of amides is 1. The van der Waals surface area contributed by atoms with E-state index in [1.165, 1.54) is 36.4 Å². The molecule has 2 aromatic carbocycles. The summed E-state index contributed by atoms with van der Waals surface area (Å²) in [6, 6.07) is 8.95. The van der Waals surface area contributed by atoms with Crippen LogP contribution in [0.4, 0.5) is 11.4 Å². The Morgan fingerprint density at radius 1 is 0.844 bits per heavy atom. The third-order valence-corrected chi connectivity index (χ3v) is 18.3. The van der Waals surface area contributed by atoms with Gasteiger partial charge in [-0.05, 0) is 75.6 Å². The molecule has 0 aliphatic carbocycles. The van der Waals surface area contributed by atoms with Crippen molar-refractivity contribution in [3.8, 4) is 0 Å². The number of nitrogens with zero attached hydrogens (tertiary/aromatic N) is 3. The van der Waals surface area contributed by atoms with Gasteiger partial charge in [-0.1, -0.05) is 44.2 Å². The van der Waals surface area contributed by atoms with Crippen LogP contribution in [0.15, 0.2) is 104 Å². The number of aliphatic hydroxyl groups excluding tert-OH is 2. The molecule has 27 nitrogen and oxygen atoms in total. The first-order chi connectivity index (χ1) is 35.6. The van der Waals surface area contributed by atoms with Crippen LogP contribution >= 0.6 is 23.5 Å². The lowest BCUT2D eigenvalue weighted by molar-refractivity contribution is -0.438. The first-order valence-corrected chi connectivity index (χ1v) is 30.8. The molecule has 3 aliphatic heterocycles. The number of unbranched alkanes of at least 4 members (excludes halogenated alkanes) is 2. The van der Waals surface area contributed by atoms with E-state index in [9.17, 15) is 74.0 Å². The molecular weight excluding hydrogens is 1120 g/mol. The molecule has 1 amide bonds. The Bertz CT molecular complexity index is 3450. The number of H-pyrrole nitrogens is 1. The van der Waals surface area contributed by atoms with Crippen LogP contribution in [0, 0.1) is 0 Å². The molecular formula is C45H59N5O22P3S2+. The maximum absolute atomic E-state index is 12.8. The molecule has 0 bridgehead atoms. The quantitative estimate of drug-likeness (QED) is 0.0213. The van der Waals surface area contributed by atoms with Gasteiger partial charge in [0.1, 0.15) is 24.9 Å². The minimum absolute atomic E-state index is 0.0666. The SMILES string of the molecule is CCN1C(=CC=CC=CC2=[N+](CCCCCC(=O)NC/C=C/c3cn([C@@H]4O[C@H](COP(=O)(O)OP(=O)(O)OP(=O)(O)O)[C@@H](O)[C@H]4O)c(=O)[nH]c3=O)c3ccc(S(=O)(=O)O)cc3C2(C)C)C(C)(C)c2cc(S(=O)(=O)O)ccc21. The van der Waals surface area contributed by atoms with E-state index < -0.39 is 96.9 Å². The van der Waals surface area contributed by atoms with Gasteiger partial charge in [0.25, 0.3) is 25.8 Å². The Morgan fingerprint density at radius 2 is 1.49 bits per heavy atom. The number of aromatic amines is 1. The van der Waals surface area contributed by atoms with Crippen molar-refractivity contribution in [3.63, 3.8) is 0 Å². The number of ether oxygens (including phenoxy) is 1. The third kappa shape index (κ3) is 14.7. The number of fused-ring (bicyclic) bond motifs is 2. The summed E-state index contributed by atoms with van der Waals surface area (Å²) < 4.78 is 122. The lowest BCUT2D eigenvalue weighted by atomic mass is 9.81. The Balaban J connectivity index is 1.06. The monoisotopic (exact) mass is 1180 g/mol. The van der Waals surface area contributed by atoms with Crippen molar-refractivity contribution in [2.24, 2.45) is 0 Å². The van der Waals surface area contributed by atoms with Gasteiger partial charge in [-0.25, -0.2) is 18.5 Å². The largest absolute Gasteiger partial charge is 0.490 e. The first kappa shape index (κ1) is 61.3. The Hall–Kier alpha value is -4.87. The van der Waals surface area contributed by atoms with Crippen LogP contribution in [0.3, 0.4) is 0 Å². The van der Waals surface area contributed by atoms with Crippen LogP contribution in [0.2, 0.25) is 0 Å². The fourth-order valence-electron chi connectivity index (χ4n) is 9.12. The van der Waals surface area contributed by atoms with Gasteiger partial charge in [0.2, 0.25) is 11.6 Å². The summed E-state index contributed by atoms with van der Waals surface area (Å²) in [5.74, 6) is -0.329. The predicted octanol–water partition coefficient (Wildman–Crippen LogP) is 3.57. The van der Waals surface area contributed by atoms with Gasteiger partial charge in [-0.15, -0.1) is 0 Å². The average Bonchev–Trinajstić information content (AvgIpc) is 3.81. The zero-order valence-electron chi connectivity index (χ0n) is 41.8. The minimum Gasteiger partial charge on any atom is -0.387 e. The molecule has 422 valence electrons. The molecule has 1 saturated heterocycles. The standard InChI is InChI=1S/C45H58N5O22P3S2/c1-6-48-33-20-18-29(76(63,64)65)24-31(33)44(2,3)36(48)15-9-7-10-16-37-45(4,5)32-25-30(77(66,67)68)19-21-34(32)49(37)23-12-8-11-17-38(51)46-22-13-14-28-26-50(43(55)47-41(28)54)42-40(53)39(52)35(70-42)27-69-74(59,60)72-75(61,62)71-73(56,57)58/h7,9-10,13-16,18-21,24-26,35,39-40,42,52-53H,6,8,11-12,17,22-23,27H2,1-5H3,(H7-,46,47,51,54,55,56,57,58,59,60,61,62,63,64,65,66,67,68)/p+1/b14-13+/t35-,39-,40-,42-/m1/s1. The molecule has 10 N–H and O–H groups in total. The van der Waals surface area contributed by atoms with Crippen LogP contribution < -0.4 is 21.5 Å². The number of hydrogen-bond acceptors (Lipinski definition) is 17. The van der Waals surface area contributed by atoms with Crippen molar-refractivity contribution in [1.82, 2.24) is 14.9 Å². The van der Waals surface area contributed by atoms with E-state index in [1.54, 1.807) is 12.1 Å². The van der Waals surface area contributed by atoms with Gasteiger partial charge in [0, 0.05) is 66.6 Å². The van der Waals surface area contributed by atoms with Crippen molar-refractivity contribution in [1.29, 1.82) is 0 Å². The van der Waals surface area contributed by atoms with Crippen molar-refractivity contribution < 1.29 is 96.7 Å². The van der Waals surface area contributed by atoms with E-state index in [0.717, 1.165) is 34.5 Å². The van der Waals surface area contributed by atoms with Crippen LogP contribution in [0.1, 0.15) is 83.2 Å². The van der Waals surface area contributed by atoms with Crippen molar-refractivity contribution in [2.75, 3.05) is 31.1 Å². The van der Waals surface area contributed by atoms with Crippen molar-refractivity contribution in [2.45, 2.75) is 105 Å². The summed E-state index contributed by atoms with van der Waals surface area (Å²) in [6.45, 7) is 9.62. The van der Waals surface area contributed by atoms with Crippen LogP contribution in [0.25, 0.3) is 6.08 Å². The highest BCUT2D eigenvalue weighted by atomic mass is 32.2. The summed E-state index contributed by atoms with van der Waals surface area (Å²) in [7, 11) is -26.1. The maximum Gasteiger partial charge on any atom is 0.490 e. The molecule has 2 unspecified atom stereocenters. The number of likely N-dealkylation sites (N-methyl/N-ethyl adjacent to an activating group) is 1. The highest BCUT2D eigenvalue weighted by Gasteiger charge is 2.48. The van der Waals surface area contributed by atoms with Gasteiger partial charge >= 0.3 is 29.2 Å². The van der Waals surface area contributed by atoms with E-state index in [-0.39, 0.29) is 34.2 Å². The zero-order chi connectivity index (χ0) is 57.3. The smallest absolute Gasteiger partial charge is 0.387 e. The Labute approximate surface area is 441 Å². The second-order valence-corrected chi connectivity index (χ2v) is 26.1. The van der Waals surface area contributed by atoms with E-state index >= 15 is 0 Å². The number of aromatic nitrogens is 2. The Morgan fingerprint density at radius 3 is 2.13 bits per heavy atom. The first-order valence-electron chi connectivity index (χ1n) is 23.4. The topological polar surface area (TPSA) is 408 Å². The molecule has 1 fully saturated rings. The Kier molecular flexibility index (Phi) is 18.7. The second-order valence-electron chi connectivity index (χ2n) is 18.8. The lowest BCUT2D eigenvalue weighted by Gasteiger charge is -2.25. The zero-order valence-corrected chi connectivity index (χ0v) is 46.2. The van der Waals surface area contributed by atoms with Crippen LogP contribution in [-0.2, 0) is 67.4 Å². The van der Waals surface area contributed by atoms with E-state index in [1.807, 2.05) is 70.0 Å². The summed E-state index contributed by atoms with van der Waals surface area (Å²) in [6.07, 6.45) is 7.43. The number of phosphoric ester groups is 1. The van der Waals surface area contributed by atoms with E-state index in [2.05, 4.69) is 27.9 Å². The molecule has 4 heterocycles. The lowest BCUT2D eigenvalue weighted by Crippen LogP contribution is -2.38. The maximum atomic E-state index is 12.8. The number of allylic oxidation sites excluding steroid dienone is 6.